The second-order valence-corrected chi connectivity index (χ2v) is 30.3. The summed E-state index contributed by atoms with van der Waals surface area (Å²) in [6.45, 7) is 17.5. The van der Waals surface area contributed by atoms with Gasteiger partial charge in [-0.1, -0.05) is 281 Å². The molecule has 0 bridgehead atoms. The smallest absolute Gasteiger partial charge is 0.164 e. The number of hydrogen-bond donors (Lipinski definition) is 0. The Hall–Kier alpha value is -14.1. The van der Waals surface area contributed by atoms with Crippen LogP contribution >= 0.6 is 0 Å². The van der Waals surface area contributed by atoms with Crippen molar-refractivity contribution < 1.29 is 0 Å². The topological polar surface area (TPSA) is 87.2 Å². The molecule has 15 aromatic carbocycles. The lowest BCUT2D eigenvalue weighted by atomic mass is 9.95. The normalized spacial score (nSPS) is 11.6. The minimum absolute atomic E-state index is 0.551. The Bertz CT molecular complexity index is 6120. The molecule has 0 fully saturated rings. The predicted molar refractivity (Wildman–Crippen MR) is 465 cm³/mol. The lowest BCUT2D eigenvalue weighted by Crippen LogP contribution is -2.02. The molecule has 0 radical (unpaired) electrons. The SMILES string of the molecule is Cc1cc(C)cc(-c2ccc3c(c2)c2cc(-c4cc(C)cc(C)c4)ccc2n3-c2cc(-c3cccc(-c4cc(-c5nc(-c6ccccc6)nc(-c6ccccc6)n5)cc(-n5c6ccc(-c7cc(C)cc(C)c7)cc6c6cc(-c7cc(C)cc(C)c7)ccc65)c4)c3)cc(-c3nc(-c4ccccc4)nc(-c4ccccc4)n3)c2)c1. The Balaban J connectivity index is 0.857. The Labute approximate surface area is 652 Å². The van der Waals surface area contributed by atoms with Gasteiger partial charge in [0.15, 0.2) is 34.9 Å². The van der Waals surface area contributed by atoms with E-state index in [-0.39, 0.29) is 0 Å². The molecular formula is C104H78N8. The van der Waals surface area contributed by atoms with Crippen molar-refractivity contribution in [2.45, 2.75) is 55.4 Å². The molecule has 0 aliphatic carbocycles. The van der Waals surface area contributed by atoms with Crippen molar-refractivity contribution in [1.82, 2.24) is 39.0 Å². The Kier molecular flexibility index (Phi) is 17.2. The van der Waals surface area contributed by atoms with Gasteiger partial charge in [-0.15, -0.1) is 0 Å². The second kappa shape index (κ2) is 28.2. The Morgan fingerprint density at radius 3 is 0.598 bits per heavy atom. The van der Waals surface area contributed by atoms with Crippen molar-refractivity contribution in [2.24, 2.45) is 0 Å². The van der Waals surface area contributed by atoms with Crippen molar-refractivity contribution in [3.05, 3.63) is 372 Å². The molecule has 8 nitrogen and oxygen atoms in total. The van der Waals surface area contributed by atoms with Gasteiger partial charge >= 0.3 is 0 Å². The number of nitrogens with zero attached hydrogens (tertiary/aromatic N) is 8. The van der Waals surface area contributed by atoms with Gasteiger partial charge in [0.05, 0.1) is 22.1 Å². The summed E-state index contributed by atoms with van der Waals surface area (Å²) < 4.78 is 4.88. The Morgan fingerprint density at radius 2 is 0.348 bits per heavy atom. The molecule has 0 amide bonds. The lowest BCUT2D eigenvalue weighted by Gasteiger charge is -2.16. The zero-order chi connectivity index (χ0) is 75.8. The molecule has 19 aromatic rings. The van der Waals surface area contributed by atoms with Gasteiger partial charge in [-0.25, -0.2) is 29.9 Å². The van der Waals surface area contributed by atoms with Gasteiger partial charge in [0, 0.05) is 66.3 Å². The summed E-state index contributed by atoms with van der Waals surface area (Å²) in [5.41, 5.74) is 34.6. The predicted octanol–water partition coefficient (Wildman–Crippen LogP) is 26.7. The minimum Gasteiger partial charge on any atom is -0.309 e. The quantitative estimate of drug-likeness (QED) is 0.108. The van der Waals surface area contributed by atoms with Gasteiger partial charge in [-0.2, -0.15) is 0 Å². The van der Waals surface area contributed by atoms with Gasteiger partial charge in [0.1, 0.15) is 0 Å². The van der Waals surface area contributed by atoms with Gasteiger partial charge in [-0.05, 0) is 213 Å². The highest BCUT2D eigenvalue weighted by Crippen LogP contribution is 2.44. The third-order valence-corrected chi connectivity index (χ3v) is 21.5. The molecular weight excluding hydrogens is 1360 g/mol. The van der Waals surface area contributed by atoms with Crippen molar-refractivity contribution in [2.75, 3.05) is 0 Å². The molecule has 0 spiro atoms. The first-order valence-corrected chi connectivity index (χ1v) is 38.3. The standard InChI is InChI=1S/C104H78N8/c1-63-40-64(2)45-81(44-63)77-32-36-95-91(59-77)92-60-78(82-46-65(3)41-66(4)47-82)33-37-96(92)111(95)89-55-85(53-87(57-89)103-107-99(71-22-13-9-14-23-71)105-100(108-103)72-24-15-10-16-25-72)75-30-21-31-76(52-75)86-54-88(104-109-101(73-26-17-11-18-27-73)106-102(110-104)74-28-19-12-20-29-74)58-90(56-86)112-97-38-34-79(83-48-67(5)42-68(6)49-83)61-93(97)94-62-80(35-39-98(94)112)84-50-69(7)43-70(8)51-84/h9-62H,1-8H3. The number of hydrogen-bond acceptors (Lipinski definition) is 6. The van der Waals surface area contributed by atoms with Crippen LogP contribution in [0.4, 0.5) is 0 Å². The highest BCUT2D eigenvalue weighted by atomic mass is 15.1. The summed E-state index contributed by atoms with van der Waals surface area (Å²) in [5, 5.41) is 4.60. The van der Waals surface area contributed by atoms with E-state index in [2.05, 4.69) is 319 Å². The first kappa shape index (κ1) is 68.5. The summed E-state index contributed by atoms with van der Waals surface area (Å²) in [4.78, 5) is 32.1. The Morgan fingerprint density at radius 1 is 0.152 bits per heavy atom. The molecule has 112 heavy (non-hydrogen) atoms. The van der Waals surface area contributed by atoms with E-state index in [9.17, 15) is 0 Å². The summed E-state index contributed by atoms with van der Waals surface area (Å²) >= 11 is 0. The summed E-state index contributed by atoms with van der Waals surface area (Å²) in [5.74, 6) is 3.44. The van der Waals surface area contributed by atoms with Gasteiger partial charge in [-0.3, -0.25) is 0 Å². The maximum atomic E-state index is 5.44. The first-order valence-electron chi connectivity index (χ1n) is 38.3. The average molecular weight is 1440 g/mol. The monoisotopic (exact) mass is 1440 g/mol. The van der Waals surface area contributed by atoms with Crippen molar-refractivity contribution in [3.63, 3.8) is 0 Å². The number of benzene rings is 15. The maximum Gasteiger partial charge on any atom is 0.164 e. The van der Waals surface area contributed by atoms with E-state index in [4.69, 9.17) is 29.9 Å². The largest absolute Gasteiger partial charge is 0.309 e. The van der Waals surface area contributed by atoms with Crippen LogP contribution in [0.1, 0.15) is 44.5 Å². The maximum absolute atomic E-state index is 5.44. The molecule has 0 unspecified atom stereocenters. The fraction of sp³-hybridized carbons (Fsp3) is 0.0769. The minimum atomic E-state index is 0.551. The summed E-state index contributed by atoms with van der Waals surface area (Å²) in [6, 6.07) is 119. The van der Waals surface area contributed by atoms with E-state index < -0.39 is 0 Å². The van der Waals surface area contributed by atoms with E-state index in [1.807, 2.05) is 72.8 Å². The second-order valence-electron chi connectivity index (χ2n) is 30.3. The van der Waals surface area contributed by atoms with Crippen LogP contribution in [-0.4, -0.2) is 39.0 Å². The van der Waals surface area contributed by atoms with Crippen molar-refractivity contribution in [3.8, 4) is 146 Å². The van der Waals surface area contributed by atoms with Crippen LogP contribution < -0.4 is 0 Å². The average Bonchev–Trinajstić information content (AvgIpc) is 1.59. The number of rotatable bonds is 14. The van der Waals surface area contributed by atoms with Gasteiger partial charge in [0.25, 0.3) is 0 Å². The molecule has 0 aliphatic rings. The molecule has 534 valence electrons. The number of aromatic nitrogens is 8. The molecule has 0 N–H and O–H groups in total. The zero-order valence-corrected chi connectivity index (χ0v) is 63.8. The molecule has 0 saturated heterocycles. The van der Waals surface area contributed by atoms with Crippen molar-refractivity contribution in [1.29, 1.82) is 0 Å². The van der Waals surface area contributed by atoms with Crippen LogP contribution in [0.5, 0.6) is 0 Å². The van der Waals surface area contributed by atoms with E-state index in [0.29, 0.717) is 34.9 Å². The van der Waals surface area contributed by atoms with Crippen LogP contribution in [0, 0.1) is 55.4 Å². The van der Waals surface area contributed by atoms with E-state index in [0.717, 1.165) is 133 Å². The fourth-order valence-electron chi connectivity index (χ4n) is 16.7. The third kappa shape index (κ3) is 13.2. The highest BCUT2D eigenvalue weighted by molar-refractivity contribution is 6.13. The molecule has 4 heterocycles. The molecule has 0 aliphatic heterocycles. The van der Waals surface area contributed by atoms with E-state index in [1.165, 1.54) is 66.8 Å². The third-order valence-electron chi connectivity index (χ3n) is 21.5. The van der Waals surface area contributed by atoms with Crippen molar-refractivity contribution >= 4 is 43.6 Å². The lowest BCUT2D eigenvalue weighted by molar-refractivity contribution is 1.07. The van der Waals surface area contributed by atoms with Gasteiger partial charge in [0.2, 0.25) is 0 Å². The van der Waals surface area contributed by atoms with Crippen LogP contribution in [-0.2, 0) is 0 Å². The summed E-state index contributed by atoms with van der Waals surface area (Å²) in [6.07, 6.45) is 0. The fourth-order valence-corrected chi connectivity index (χ4v) is 16.7. The van der Waals surface area contributed by atoms with Crippen LogP contribution in [0.2, 0.25) is 0 Å². The molecule has 4 aromatic heterocycles. The van der Waals surface area contributed by atoms with Gasteiger partial charge < -0.3 is 9.13 Å². The molecule has 8 heteroatoms. The number of aryl methyl sites for hydroxylation is 8. The number of fused-ring (bicyclic) bond motifs is 6. The van der Waals surface area contributed by atoms with Crippen LogP contribution in [0.3, 0.4) is 0 Å². The first-order chi connectivity index (χ1) is 54.6. The molecule has 19 rings (SSSR count). The van der Waals surface area contributed by atoms with E-state index in [1.54, 1.807) is 0 Å². The zero-order valence-electron chi connectivity index (χ0n) is 63.8. The molecule has 0 saturated carbocycles. The highest BCUT2D eigenvalue weighted by Gasteiger charge is 2.24. The van der Waals surface area contributed by atoms with Crippen LogP contribution in [0.15, 0.2) is 328 Å². The van der Waals surface area contributed by atoms with Crippen LogP contribution in [0.25, 0.3) is 190 Å². The van der Waals surface area contributed by atoms with E-state index >= 15 is 0 Å². The summed E-state index contributed by atoms with van der Waals surface area (Å²) in [7, 11) is 0. The molecule has 0 atom stereocenters.